The highest BCUT2D eigenvalue weighted by atomic mass is 16.5. The van der Waals surface area contributed by atoms with Gasteiger partial charge < -0.3 is 14.7 Å². The van der Waals surface area contributed by atoms with Crippen LogP contribution in [0.15, 0.2) is 78.6 Å². The van der Waals surface area contributed by atoms with E-state index in [0.717, 1.165) is 18.8 Å². The van der Waals surface area contributed by atoms with E-state index in [-0.39, 0.29) is 11.3 Å². The number of carbonyl (C=O) groups is 2. The van der Waals surface area contributed by atoms with Crippen molar-refractivity contribution in [2.24, 2.45) is 0 Å². The Bertz CT molecular complexity index is 1260. The van der Waals surface area contributed by atoms with Crippen LogP contribution in [0.3, 0.4) is 0 Å². The Morgan fingerprint density at radius 1 is 0.914 bits per heavy atom. The van der Waals surface area contributed by atoms with Gasteiger partial charge in [0, 0.05) is 36.9 Å². The number of carbonyl (C=O) groups excluding carboxylic acids is 2. The zero-order chi connectivity index (χ0) is 24.4. The number of hydrogen-bond acceptors (Lipinski definition) is 6. The highest BCUT2D eigenvalue weighted by Gasteiger charge is 2.47. The number of methoxy groups -OCH3 is 1. The van der Waals surface area contributed by atoms with E-state index in [0.29, 0.717) is 22.6 Å². The summed E-state index contributed by atoms with van der Waals surface area (Å²) in [6.45, 7) is 2.03. The third-order valence-electron chi connectivity index (χ3n) is 6.68. The minimum atomic E-state index is -0.802. The summed E-state index contributed by atoms with van der Waals surface area (Å²) in [4.78, 5) is 34.6. The molecule has 1 unspecified atom stereocenters. The van der Waals surface area contributed by atoms with Gasteiger partial charge in [0.25, 0.3) is 11.7 Å². The Balaban J connectivity index is 1.61. The Hall–Kier alpha value is -4.13. The standard InChI is InChI=1S/C28H27N3O4/c1-35-23-8-4-3-7-22(23)26(32)24-25(19-13-15-29-16-14-19)31(28(34)27(24)33)21-11-9-20(10-12-21)30-17-5-2-6-18-30/h3-4,7-16,25,32H,2,5-6,17-18H2,1H3/b26-24+. The van der Waals surface area contributed by atoms with E-state index in [1.807, 2.05) is 24.3 Å². The zero-order valence-electron chi connectivity index (χ0n) is 19.6. The molecule has 2 aliphatic rings. The number of aliphatic hydroxyl groups is 1. The molecule has 2 saturated heterocycles. The minimum Gasteiger partial charge on any atom is -0.507 e. The first-order valence-electron chi connectivity index (χ1n) is 11.8. The van der Waals surface area contributed by atoms with Gasteiger partial charge in [0.2, 0.25) is 0 Å². The quantitative estimate of drug-likeness (QED) is 0.331. The lowest BCUT2D eigenvalue weighted by Crippen LogP contribution is -2.30. The second-order valence-corrected chi connectivity index (χ2v) is 8.71. The van der Waals surface area contributed by atoms with E-state index in [1.54, 1.807) is 48.8 Å². The van der Waals surface area contributed by atoms with Gasteiger partial charge in [-0.1, -0.05) is 12.1 Å². The van der Waals surface area contributed by atoms with Crippen LogP contribution in [0.2, 0.25) is 0 Å². The number of ether oxygens (including phenoxy) is 1. The molecule has 2 fully saturated rings. The molecule has 1 aromatic heterocycles. The van der Waals surface area contributed by atoms with Gasteiger partial charge >= 0.3 is 0 Å². The molecule has 3 aromatic rings. The number of piperidine rings is 1. The number of aromatic nitrogens is 1. The smallest absolute Gasteiger partial charge is 0.300 e. The number of ketones is 1. The van der Waals surface area contributed by atoms with Crippen molar-refractivity contribution in [1.29, 1.82) is 0 Å². The lowest BCUT2D eigenvalue weighted by molar-refractivity contribution is -0.132. The van der Waals surface area contributed by atoms with Crippen LogP contribution >= 0.6 is 0 Å². The Morgan fingerprint density at radius 2 is 1.57 bits per heavy atom. The topological polar surface area (TPSA) is 83.0 Å². The Kier molecular flexibility index (Phi) is 6.23. The molecule has 2 aliphatic heterocycles. The summed E-state index contributed by atoms with van der Waals surface area (Å²) in [5, 5.41) is 11.3. The molecule has 35 heavy (non-hydrogen) atoms. The third kappa shape index (κ3) is 4.14. The Morgan fingerprint density at radius 3 is 2.26 bits per heavy atom. The molecule has 1 amide bonds. The van der Waals surface area contributed by atoms with E-state index in [2.05, 4.69) is 9.88 Å². The van der Waals surface area contributed by atoms with Gasteiger partial charge in [-0.15, -0.1) is 0 Å². The molecule has 0 radical (unpaired) electrons. The van der Waals surface area contributed by atoms with Crippen LogP contribution in [0, 0.1) is 0 Å². The van der Waals surface area contributed by atoms with E-state index in [4.69, 9.17) is 4.74 Å². The fourth-order valence-electron chi connectivity index (χ4n) is 4.92. The first kappa shape index (κ1) is 22.7. The number of hydrogen-bond donors (Lipinski definition) is 1. The molecule has 1 N–H and O–H groups in total. The summed E-state index contributed by atoms with van der Waals surface area (Å²) in [5.41, 5.74) is 2.74. The third-order valence-corrected chi connectivity index (χ3v) is 6.68. The Labute approximate surface area is 204 Å². The number of anilines is 2. The number of amides is 1. The summed E-state index contributed by atoms with van der Waals surface area (Å²) in [6, 6.07) is 17.3. The summed E-state index contributed by atoms with van der Waals surface area (Å²) in [6.07, 6.45) is 6.80. The monoisotopic (exact) mass is 469 g/mol. The van der Waals surface area contributed by atoms with Crippen molar-refractivity contribution >= 4 is 28.8 Å². The fraction of sp³-hybridized carbons (Fsp3) is 0.250. The van der Waals surface area contributed by atoms with Gasteiger partial charge in [0.1, 0.15) is 11.5 Å². The zero-order valence-corrected chi connectivity index (χ0v) is 19.6. The van der Waals surface area contributed by atoms with Crippen LogP contribution in [0.25, 0.3) is 5.76 Å². The summed E-state index contributed by atoms with van der Waals surface area (Å²) in [5.74, 6) is -1.28. The normalized spacial score (nSPS) is 19.7. The van der Waals surface area contributed by atoms with Crippen molar-refractivity contribution < 1.29 is 19.4 Å². The molecule has 0 bridgehead atoms. The molecular formula is C28H27N3O4. The number of benzene rings is 2. The lowest BCUT2D eigenvalue weighted by Gasteiger charge is -2.30. The SMILES string of the molecule is COc1ccccc1/C(O)=C1\C(=O)C(=O)N(c2ccc(N3CCCCC3)cc2)C1c1ccncc1. The molecule has 3 heterocycles. The van der Waals surface area contributed by atoms with Crippen molar-refractivity contribution in [1.82, 2.24) is 4.98 Å². The summed E-state index contributed by atoms with van der Waals surface area (Å²) >= 11 is 0. The van der Waals surface area contributed by atoms with Crippen molar-refractivity contribution in [2.45, 2.75) is 25.3 Å². The van der Waals surface area contributed by atoms with Crippen LogP contribution in [-0.2, 0) is 9.59 Å². The first-order chi connectivity index (χ1) is 17.1. The summed E-state index contributed by atoms with van der Waals surface area (Å²) < 4.78 is 5.39. The number of Topliss-reactive ketones (excluding diaryl/α,β-unsaturated/α-hetero) is 1. The second-order valence-electron chi connectivity index (χ2n) is 8.71. The van der Waals surface area contributed by atoms with Gasteiger partial charge in [-0.3, -0.25) is 19.5 Å². The van der Waals surface area contributed by atoms with Crippen LogP contribution < -0.4 is 14.5 Å². The highest BCUT2D eigenvalue weighted by molar-refractivity contribution is 6.51. The number of aliphatic hydroxyl groups excluding tert-OH is 1. The molecule has 0 aliphatic carbocycles. The van der Waals surface area contributed by atoms with Gasteiger partial charge in [-0.25, -0.2) is 0 Å². The summed E-state index contributed by atoms with van der Waals surface area (Å²) in [7, 11) is 1.49. The van der Waals surface area contributed by atoms with Gasteiger partial charge in [0.15, 0.2) is 0 Å². The number of nitrogens with zero attached hydrogens (tertiary/aromatic N) is 3. The van der Waals surface area contributed by atoms with Gasteiger partial charge in [0.05, 0.1) is 24.3 Å². The van der Waals surface area contributed by atoms with Crippen LogP contribution in [-0.4, -0.2) is 42.0 Å². The molecule has 5 rings (SSSR count). The predicted molar refractivity (Wildman–Crippen MR) is 135 cm³/mol. The van der Waals surface area contributed by atoms with E-state index >= 15 is 0 Å². The average Bonchev–Trinajstić information content (AvgIpc) is 3.19. The highest BCUT2D eigenvalue weighted by Crippen LogP contribution is 2.43. The fourth-order valence-corrected chi connectivity index (χ4v) is 4.92. The maximum atomic E-state index is 13.4. The molecule has 0 spiro atoms. The molecule has 0 saturated carbocycles. The van der Waals surface area contributed by atoms with Crippen molar-refractivity contribution in [3.05, 3.63) is 89.8 Å². The van der Waals surface area contributed by atoms with Crippen molar-refractivity contribution in [2.75, 3.05) is 30.0 Å². The van der Waals surface area contributed by atoms with E-state index < -0.39 is 17.7 Å². The number of rotatable bonds is 5. The largest absolute Gasteiger partial charge is 0.507 e. The van der Waals surface area contributed by atoms with Crippen LogP contribution in [0.5, 0.6) is 5.75 Å². The number of pyridine rings is 1. The van der Waals surface area contributed by atoms with Gasteiger partial charge in [-0.2, -0.15) is 0 Å². The number of para-hydroxylation sites is 1. The van der Waals surface area contributed by atoms with Crippen molar-refractivity contribution in [3.8, 4) is 5.75 Å². The second kappa shape index (κ2) is 9.62. The van der Waals surface area contributed by atoms with Crippen molar-refractivity contribution in [3.63, 3.8) is 0 Å². The molecule has 7 nitrogen and oxygen atoms in total. The van der Waals surface area contributed by atoms with E-state index in [1.165, 1.54) is 31.3 Å². The minimum absolute atomic E-state index is 0.0193. The maximum Gasteiger partial charge on any atom is 0.300 e. The first-order valence-corrected chi connectivity index (χ1v) is 11.8. The van der Waals surface area contributed by atoms with Crippen LogP contribution in [0.4, 0.5) is 11.4 Å². The molecule has 178 valence electrons. The van der Waals surface area contributed by atoms with Crippen LogP contribution in [0.1, 0.15) is 36.4 Å². The van der Waals surface area contributed by atoms with E-state index in [9.17, 15) is 14.7 Å². The predicted octanol–water partition coefficient (Wildman–Crippen LogP) is 4.71. The average molecular weight is 470 g/mol. The molecule has 7 heteroatoms. The maximum absolute atomic E-state index is 13.4. The lowest BCUT2D eigenvalue weighted by atomic mass is 9.95. The van der Waals surface area contributed by atoms with Gasteiger partial charge in [-0.05, 0) is 73.4 Å². The molecule has 1 atom stereocenters. The molecular weight excluding hydrogens is 442 g/mol. The molecule has 2 aromatic carbocycles.